The van der Waals surface area contributed by atoms with E-state index in [2.05, 4.69) is 21.2 Å². The molecule has 1 fully saturated rings. The van der Waals surface area contributed by atoms with Gasteiger partial charge in [-0.3, -0.25) is 19.8 Å². The molecule has 0 bridgehead atoms. The fraction of sp³-hybridized carbons (Fsp3) is 0.0870. The van der Waals surface area contributed by atoms with Crippen LogP contribution in [0.2, 0.25) is 0 Å². The summed E-state index contributed by atoms with van der Waals surface area (Å²) in [5.41, 5.74) is 3.33. The van der Waals surface area contributed by atoms with Crippen molar-refractivity contribution in [2.24, 2.45) is 0 Å². The first-order valence-corrected chi connectivity index (χ1v) is 10.6. The molecule has 1 saturated heterocycles. The third kappa shape index (κ3) is 3.74. The van der Waals surface area contributed by atoms with Gasteiger partial charge in [-0.05, 0) is 72.7 Å². The molecule has 1 aliphatic heterocycles. The number of nitrogens with one attached hydrogen (secondary N) is 1. The smallest absolute Gasteiger partial charge is 0.270 e. The molecule has 2 heterocycles. The molecule has 0 saturated carbocycles. The molecular formula is C23H18BrN3O2S. The van der Waals surface area contributed by atoms with Crippen LogP contribution in [0.15, 0.2) is 76.9 Å². The number of thiocarbonyl (C=S) groups is 1. The maximum absolute atomic E-state index is 13.3. The van der Waals surface area contributed by atoms with Gasteiger partial charge in [-0.2, -0.15) is 0 Å². The number of hydrogen-bond acceptors (Lipinski definition) is 3. The second-order valence-corrected chi connectivity index (χ2v) is 8.02. The van der Waals surface area contributed by atoms with Crippen molar-refractivity contribution in [3.63, 3.8) is 0 Å². The molecule has 3 aromatic rings. The molecule has 2 aromatic carbocycles. The number of benzene rings is 2. The second-order valence-electron chi connectivity index (χ2n) is 6.72. The lowest BCUT2D eigenvalue weighted by Gasteiger charge is -2.30. The van der Waals surface area contributed by atoms with Crippen LogP contribution in [0.25, 0.3) is 11.8 Å². The van der Waals surface area contributed by atoms with Crippen molar-refractivity contribution in [3.05, 3.63) is 88.2 Å². The normalized spacial score (nSPS) is 15.6. The van der Waals surface area contributed by atoms with Gasteiger partial charge in [0.2, 0.25) is 0 Å². The highest BCUT2D eigenvalue weighted by Gasteiger charge is 2.35. The predicted octanol–water partition coefficient (Wildman–Crippen LogP) is 4.63. The highest BCUT2D eigenvalue weighted by Crippen LogP contribution is 2.26. The fourth-order valence-corrected chi connectivity index (χ4v) is 3.94. The Labute approximate surface area is 188 Å². The van der Waals surface area contributed by atoms with Crippen LogP contribution in [0.5, 0.6) is 0 Å². The predicted molar refractivity (Wildman–Crippen MR) is 125 cm³/mol. The van der Waals surface area contributed by atoms with Crippen LogP contribution >= 0.6 is 28.1 Å². The summed E-state index contributed by atoms with van der Waals surface area (Å²) in [5, 5.41) is 2.74. The van der Waals surface area contributed by atoms with E-state index in [1.165, 1.54) is 4.90 Å². The Hall–Kier alpha value is -3.03. The zero-order chi connectivity index (χ0) is 21.3. The highest BCUT2D eigenvalue weighted by atomic mass is 79.9. The molecule has 7 heteroatoms. The lowest BCUT2D eigenvalue weighted by Crippen LogP contribution is -2.54. The Morgan fingerprint density at radius 2 is 1.77 bits per heavy atom. The molecule has 150 valence electrons. The number of carbonyl (C=O) groups excluding carboxylic acids is 2. The lowest BCUT2D eigenvalue weighted by molar-refractivity contribution is -0.122. The van der Waals surface area contributed by atoms with E-state index in [4.69, 9.17) is 12.2 Å². The molecule has 0 atom stereocenters. The van der Waals surface area contributed by atoms with Crippen LogP contribution in [-0.4, -0.2) is 21.5 Å². The zero-order valence-corrected chi connectivity index (χ0v) is 18.5. The number of para-hydroxylation sites is 1. The molecule has 0 aliphatic carbocycles. The first-order chi connectivity index (χ1) is 14.5. The summed E-state index contributed by atoms with van der Waals surface area (Å²) < 4.78 is 2.89. The maximum Gasteiger partial charge on any atom is 0.270 e. The summed E-state index contributed by atoms with van der Waals surface area (Å²) in [6.45, 7) is 2.01. The van der Waals surface area contributed by atoms with Crippen LogP contribution in [0.3, 0.4) is 0 Å². The summed E-state index contributed by atoms with van der Waals surface area (Å²) >= 11 is 8.75. The van der Waals surface area contributed by atoms with Gasteiger partial charge in [0.05, 0.1) is 5.69 Å². The van der Waals surface area contributed by atoms with Gasteiger partial charge in [0.1, 0.15) is 5.57 Å². The highest BCUT2D eigenvalue weighted by molar-refractivity contribution is 9.10. The van der Waals surface area contributed by atoms with Gasteiger partial charge in [-0.25, -0.2) is 0 Å². The monoisotopic (exact) mass is 479 g/mol. The first-order valence-electron chi connectivity index (χ1n) is 9.42. The average molecular weight is 480 g/mol. The van der Waals surface area contributed by atoms with Crippen LogP contribution in [-0.2, 0) is 16.0 Å². The van der Waals surface area contributed by atoms with Gasteiger partial charge >= 0.3 is 0 Å². The van der Waals surface area contributed by atoms with Crippen molar-refractivity contribution in [1.82, 2.24) is 9.88 Å². The summed E-state index contributed by atoms with van der Waals surface area (Å²) in [7, 11) is 0. The molecule has 5 nitrogen and oxygen atoms in total. The summed E-state index contributed by atoms with van der Waals surface area (Å²) in [4.78, 5) is 27.4. The molecule has 0 spiro atoms. The Morgan fingerprint density at radius 1 is 1.03 bits per heavy atom. The maximum atomic E-state index is 13.3. The Balaban J connectivity index is 1.76. The minimum absolute atomic E-state index is 0.0339. The molecular weight excluding hydrogens is 462 g/mol. The van der Waals surface area contributed by atoms with E-state index in [9.17, 15) is 9.59 Å². The Morgan fingerprint density at radius 3 is 2.50 bits per heavy atom. The van der Waals surface area contributed by atoms with E-state index in [0.29, 0.717) is 11.4 Å². The van der Waals surface area contributed by atoms with Gasteiger partial charge in [0.25, 0.3) is 11.8 Å². The van der Waals surface area contributed by atoms with Crippen molar-refractivity contribution >= 4 is 56.8 Å². The first kappa shape index (κ1) is 20.3. The van der Waals surface area contributed by atoms with E-state index in [1.807, 2.05) is 78.4 Å². The van der Waals surface area contributed by atoms with E-state index in [-0.39, 0.29) is 10.7 Å². The van der Waals surface area contributed by atoms with Gasteiger partial charge < -0.3 is 4.57 Å². The lowest BCUT2D eigenvalue weighted by atomic mass is 10.1. The number of anilines is 1. The Bertz CT molecular complexity index is 1180. The molecule has 4 rings (SSSR count). The molecule has 30 heavy (non-hydrogen) atoms. The van der Waals surface area contributed by atoms with Crippen molar-refractivity contribution in [2.45, 2.75) is 13.3 Å². The number of aromatic nitrogens is 1. The van der Waals surface area contributed by atoms with Gasteiger partial charge in [-0.1, -0.05) is 41.1 Å². The minimum atomic E-state index is -0.501. The van der Waals surface area contributed by atoms with E-state index in [1.54, 1.807) is 6.08 Å². The molecule has 1 aromatic heterocycles. The van der Waals surface area contributed by atoms with Crippen molar-refractivity contribution in [3.8, 4) is 5.69 Å². The molecule has 1 aliphatic rings. The van der Waals surface area contributed by atoms with Crippen LogP contribution in [0.1, 0.15) is 18.2 Å². The van der Waals surface area contributed by atoms with Crippen molar-refractivity contribution in [1.29, 1.82) is 0 Å². The number of rotatable bonds is 4. The topological polar surface area (TPSA) is 54.3 Å². The Kier molecular flexibility index (Phi) is 5.65. The SMILES string of the molecule is CCc1ccccc1N1C(=O)/C(=C/c2cccn2-c2ccc(Br)cc2)C(=O)NC1=S. The molecule has 2 amide bonds. The number of hydrogen-bond donors (Lipinski definition) is 1. The number of halogens is 1. The zero-order valence-electron chi connectivity index (χ0n) is 16.1. The summed E-state index contributed by atoms with van der Waals surface area (Å²) in [6, 6.07) is 19.1. The standard InChI is InChI=1S/C23H18BrN3O2S/c1-2-15-6-3-4-8-20(15)27-22(29)19(21(28)25-23(27)30)14-18-7-5-13-26(18)17-11-9-16(24)10-12-17/h3-14H,2H2,1H3,(H,25,28,30)/b19-14+. The molecule has 1 N–H and O–H groups in total. The van der Waals surface area contributed by atoms with E-state index < -0.39 is 11.8 Å². The number of carbonyl (C=O) groups is 2. The van der Waals surface area contributed by atoms with Crippen LogP contribution < -0.4 is 10.2 Å². The van der Waals surface area contributed by atoms with E-state index in [0.717, 1.165) is 22.1 Å². The average Bonchev–Trinajstić information content (AvgIpc) is 3.20. The quantitative estimate of drug-likeness (QED) is 0.337. The number of nitrogens with zero attached hydrogens (tertiary/aromatic N) is 2. The van der Waals surface area contributed by atoms with Gasteiger partial charge in [0.15, 0.2) is 5.11 Å². The van der Waals surface area contributed by atoms with Crippen LogP contribution in [0, 0.1) is 0 Å². The van der Waals surface area contributed by atoms with Crippen LogP contribution in [0.4, 0.5) is 5.69 Å². The third-order valence-electron chi connectivity index (χ3n) is 4.89. The minimum Gasteiger partial charge on any atom is -0.317 e. The third-order valence-corrected chi connectivity index (χ3v) is 5.71. The largest absolute Gasteiger partial charge is 0.317 e. The van der Waals surface area contributed by atoms with E-state index >= 15 is 0 Å². The summed E-state index contributed by atoms with van der Waals surface area (Å²) in [6.07, 6.45) is 4.22. The van der Waals surface area contributed by atoms with Crippen molar-refractivity contribution in [2.75, 3.05) is 4.90 Å². The molecule has 0 radical (unpaired) electrons. The van der Waals surface area contributed by atoms with Gasteiger partial charge in [0, 0.05) is 22.1 Å². The molecule has 0 unspecified atom stereocenters. The van der Waals surface area contributed by atoms with Crippen molar-refractivity contribution < 1.29 is 9.59 Å². The number of aryl methyl sites for hydroxylation is 1. The van der Waals surface area contributed by atoms with Gasteiger partial charge in [-0.15, -0.1) is 0 Å². The summed E-state index contributed by atoms with van der Waals surface area (Å²) in [5.74, 6) is -0.938. The fourth-order valence-electron chi connectivity index (χ4n) is 3.40. The second kappa shape index (κ2) is 8.38. The number of amides is 2.